The first-order chi connectivity index (χ1) is 15.1. The number of nitrogens with one attached hydrogen (secondary N) is 2. The Hall–Kier alpha value is -4.15. The van der Waals surface area contributed by atoms with Crippen LogP contribution in [0.2, 0.25) is 0 Å². The second-order valence-electron chi connectivity index (χ2n) is 7.05. The summed E-state index contributed by atoms with van der Waals surface area (Å²) in [7, 11) is 0. The number of rotatable bonds is 4. The van der Waals surface area contributed by atoms with E-state index in [1.54, 1.807) is 19.1 Å². The molecule has 0 fully saturated rings. The Labute approximate surface area is 179 Å². The number of amides is 1. The molecule has 1 aromatic heterocycles. The molecule has 8 nitrogen and oxygen atoms in total. The predicted molar refractivity (Wildman–Crippen MR) is 108 cm³/mol. The number of hydrogen-bond acceptors (Lipinski definition) is 5. The summed E-state index contributed by atoms with van der Waals surface area (Å²) in [4.78, 5) is 28.5. The van der Waals surface area contributed by atoms with E-state index in [2.05, 4.69) is 20.7 Å². The van der Waals surface area contributed by atoms with Gasteiger partial charge < -0.3 is 15.7 Å². The number of carbonyl (C=O) groups excluding carboxylic acids is 1. The number of hydrogen-bond donors (Lipinski definition) is 3. The molecule has 1 aliphatic rings. The van der Waals surface area contributed by atoms with Gasteiger partial charge in [-0.15, -0.1) is 0 Å². The van der Waals surface area contributed by atoms with Gasteiger partial charge in [0.05, 0.1) is 16.7 Å². The number of benzene rings is 2. The molecule has 2 aromatic carbocycles. The number of carbonyl (C=O) groups is 2. The smallest absolute Gasteiger partial charge is 0.416 e. The van der Waals surface area contributed by atoms with Gasteiger partial charge in [-0.2, -0.15) is 23.3 Å². The molecule has 1 amide bonds. The van der Waals surface area contributed by atoms with Crippen LogP contribution in [-0.4, -0.2) is 31.7 Å². The quantitative estimate of drug-likeness (QED) is 0.564. The minimum atomic E-state index is -4.55. The van der Waals surface area contributed by atoms with Crippen LogP contribution in [0.5, 0.6) is 0 Å². The first-order valence-corrected chi connectivity index (χ1v) is 9.34. The summed E-state index contributed by atoms with van der Waals surface area (Å²) >= 11 is 0. The number of alkyl halides is 3. The summed E-state index contributed by atoms with van der Waals surface area (Å²) < 4.78 is 40.5. The number of nitrogens with zero attached hydrogens (tertiary/aromatic N) is 3. The maximum atomic E-state index is 13.2. The minimum absolute atomic E-state index is 0.0190. The first-order valence-electron chi connectivity index (χ1n) is 9.34. The summed E-state index contributed by atoms with van der Waals surface area (Å²) in [5, 5.41) is 18.8. The highest BCUT2D eigenvalue weighted by Crippen LogP contribution is 2.36. The van der Waals surface area contributed by atoms with Gasteiger partial charge in [0.25, 0.3) is 5.91 Å². The molecule has 3 aromatic rings. The molecule has 32 heavy (non-hydrogen) atoms. The van der Waals surface area contributed by atoms with Crippen LogP contribution >= 0.6 is 0 Å². The van der Waals surface area contributed by atoms with Crippen LogP contribution < -0.4 is 10.6 Å². The zero-order valence-electron chi connectivity index (χ0n) is 16.5. The molecular weight excluding hydrogens is 427 g/mol. The van der Waals surface area contributed by atoms with Gasteiger partial charge >= 0.3 is 12.1 Å². The van der Waals surface area contributed by atoms with E-state index in [0.717, 1.165) is 12.1 Å². The Bertz CT molecular complexity index is 1230. The molecule has 2 heterocycles. The molecule has 1 aliphatic heterocycles. The number of aromatic carboxylic acids is 1. The van der Waals surface area contributed by atoms with E-state index >= 15 is 0 Å². The summed E-state index contributed by atoms with van der Waals surface area (Å²) in [5.41, 5.74) is 0.344. The highest BCUT2D eigenvalue weighted by molar-refractivity contribution is 6.06. The highest BCUT2D eigenvalue weighted by Gasteiger charge is 2.34. The zero-order chi connectivity index (χ0) is 23.0. The summed E-state index contributed by atoms with van der Waals surface area (Å²) in [6.45, 7) is 1.64. The molecule has 0 spiro atoms. The number of halogens is 3. The monoisotopic (exact) mass is 443 g/mol. The van der Waals surface area contributed by atoms with Crippen LogP contribution in [0.15, 0.2) is 66.1 Å². The van der Waals surface area contributed by atoms with Crippen molar-refractivity contribution in [2.24, 2.45) is 0 Å². The van der Waals surface area contributed by atoms with Crippen molar-refractivity contribution < 1.29 is 27.9 Å². The van der Waals surface area contributed by atoms with Crippen molar-refractivity contribution in [2.75, 3.05) is 10.6 Å². The van der Waals surface area contributed by atoms with Gasteiger partial charge in [0.1, 0.15) is 12.4 Å². The number of carboxylic acid groups (broad SMARTS) is 1. The van der Waals surface area contributed by atoms with Crippen LogP contribution in [0, 0.1) is 0 Å². The van der Waals surface area contributed by atoms with E-state index in [-0.39, 0.29) is 16.8 Å². The molecule has 1 atom stereocenters. The zero-order valence-corrected chi connectivity index (χ0v) is 16.5. The number of anilines is 2. The lowest BCUT2D eigenvalue weighted by atomic mass is 9.94. The molecule has 164 valence electrons. The maximum absolute atomic E-state index is 13.2. The third-order valence-electron chi connectivity index (χ3n) is 4.96. The molecular formula is C21H16F3N5O3. The Balaban J connectivity index is 1.72. The van der Waals surface area contributed by atoms with E-state index in [4.69, 9.17) is 5.11 Å². The lowest BCUT2D eigenvalue weighted by molar-refractivity contribution is -0.137. The van der Waals surface area contributed by atoms with Crippen LogP contribution in [0.1, 0.15) is 34.5 Å². The summed E-state index contributed by atoms with van der Waals surface area (Å²) in [5.74, 6) is -1.37. The lowest BCUT2D eigenvalue weighted by Gasteiger charge is -2.28. The molecule has 4 rings (SSSR count). The van der Waals surface area contributed by atoms with E-state index < -0.39 is 29.7 Å². The van der Waals surface area contributed by atoms with Crippen molar-refractivity contribution in [3.05, 3.63) is 82.8 Å². The Morgan fingerprint density at radius 2 is 1.88 bits per heavy atom. The standard InChI is InChI=1S/C21H16F3N5O3/c1-11-16(18(30)28-15-4-2-3-14(9-15)21(22,23)24)17(29-20(27-11)25-10-26-29)12-5-7-13(8-6-12)19(31)32/h2-10,17H,1H3,(H,28,30)(H,31,32)(H,25,26,27). The van der Waals surface area contributed by atoms with Crippen molar-refractivity contribution in [1.29, 1.82) is 0 Å². The third-order valence-corrected chi connectivity index (χ3v) is 4.96. The summed E-state index contributed by atoms with van der Waals surface area (Å²) in [6.07, 6.45) is -3.26. The molecule has 3 N–H and O–H groups in total. The van der Waals surface area contributed by atoms with E-state index in [1.165, 1.54) is 35.3 Å². The second-order valence-corrected chi connectivity index (χ2v) is 7.05. The van der Waals surface area contributed by atoms with Crippen LogP contribution in [0.4, 0.5) is 24.8 Å². The molecule has 0 saturated heterocycles. The lowest BCUT2D eigenvalue weighted by Crippen LogP contribution is -2.31. The van der Waals surface area contributed by atoms with Gasteiger partial charge in [0, 0.05) is 11.4 Å². The fourth-order valence-corrected chi connectivity index (χ4v) is 3.47. The van der Waals surface area contributed by atoms with Gasteiger partial charge in [-0.1, -0.05) is 18.2 Å². The highest BCUT2D eigenvalue weighted by atomic mass is 19.4. The van der Waals surface area contributed by atoms with Gasteiger partial charge in [-0.05, 0) is 42.8 Å². The van der Waals surface area contributed by atoms with Crippen LogP contribution in [0.25, 0.3) is 0 Å². The molecule has 0 bridgehead atoms. The van der Waals surface area contributed by atoms with Gasteiger partial charge in [0.15, 0.2) is 0 Å². The van der Waals surface area contributed by atoms with E-state index in [1.807, 2.05) is 0 Å². The molecule has 1 unspecified atom stereocenters. The summed E-state index contributed by atoms with van der Waals surface area (Å²) in [6, 6.07) is 9.45. The first kappa shape index (κ1) is 21.1. The molecule has 0 aliphatic carbocycles. The Morgan fingerprint density at radius 3 is 2.53 bits per heavy atom. The average Bonchev–Trinajstić information content (AvgIpc) is 3.20. The number of allylic oxidation sites excluding steroid dienone is 1. The fourth-order valence-electron chi connectivity index (χ4n) is 3.47. The van der Waals surface area contributed by atoms with Gasteiger partial charge in [-0.3, -0.25) is 4.79 Å². The molecule has 11 heteroatoms. The third kappa shape index (κ3) is 3.92. The van der Waals surface area contributed by atoms with Crippen LogP contribution in [0.3, 0.4) is 0 Å². The normalized spacial score (nSPS) is 15.7. The minimum Gasteiger partial charge on any atom is -0.478 e. The largest absolute Gasteiger partial charge is 0.478 e. The van der Waals surface area contributed by atoms with Gasteiger partial charge in [0.2, 0.25) is 5.95 Å². The predicted octanol–water partition coefficient (Wildman–Crippen LogP) is 3.92. The SMILES string of the molecule is CC1=C(C(=O)Nc2cccc(C(F)(F)F)c2)C(c2ccc(C(=O)O)cc2)n2ncnc2N1. The van der Waals surface area contributed by atoms with Crippen molar-refractivity contribution in [2.45, 2.75) is 19.1 Å². The molecule has 0 saturated carbocycles. The average molecular weight is 443 g/mol. The fraction of sp³-hybridized carbons (Fsp3) is 0.143. The topological polar surface area (TPSA) is 109 Å². The van der Waals surface area contributed by atoms with Crippen LogP contribution in [-0.2, 0) is 11.0 Å². The maximum Gasteiger partial charge on any atom is 0.416 e. The van der Waals surface area contributed by atoms with Gasteiger partial charge in [-0.25, -0.2) is 9.48 Å². The van der Waals surface area contributed by atoms with Crippen molar-refractivity contribution in [1.82, 2.24) is 14.8 Å². The van der Waals surface area contributed by atoms with Crippen molar-refractivity contribution in [3.8, 4) is 0 Å². The Kier molecular flexibility index (Phi) is 5.17. The van der Waals surface area contributed by atoms with Crippen molar-refractivity contribution in [3.63, 3.8) is 0 Å². The number of aromatic nitrogens is 3. The van der Waals surface area contributed by atoms with E-state index in [0.29, 0.717) is 17.2 Å². The van der Waals surface area contributed by atoms with E-state index in [9.17, 15) is 22.8 Å². The molecule has 0 radical (unpaired) electrons. The van der Waals surface area contributed by atoms with Crippen molar-refractivity contribution >= 4 is 23.5 Å². The second kappa shape index (κ2) is 7.84. The number of carboxylic acids is 1. The Morgan fingerprint density at radius 1 is 1.16 bits per heavy atom. The number of fused-ring (bicyclic) bond motifs is 1.